The lowest BCUT2D eigenvalue weighted by atomic mass is 10.0. The number of unbranched alkanes of at least 4 members (excludes halogenated alkanes) is 40. The summed E-state index contributed by atoms with van der Waals surface area (Å²) in [5.41, 5.74) is 0. The Morgan fingerprint density at radius 1 is 0.412 bits per heavy atom. The molecule has 0 spiro atoms. The number of amides is 1. The van der Waals surface area contributed by atoms with Gasteiger partial charge in [0.15, 0.2) is 0 Å². The van der Waals surface area contributed by atoms with Crippen LogP contribution >= 0.6 is 7.82 Å². The van der Waals surface area contributed by atoms with Crippen LogP contribution in [0.15, 0.2) is 85.1 Å². The van der Waals surface area contributed by atoms with E-state index < -0.39 is 20.0 Å². The lowest BCUT2D eigenvalue weighted by molar-refractivity contribution is -0.870. The molecule has 0 bridgehead atoms. The van der Waals surface area contributed by atoms with Gasteiger partial charge in [-0.05, 0) is 70.6 Å². The van der Waals surface area contributed by atoms with E-state index in [1.54, 1.807) is 0 Å². The van der Waals surface area contributed by atoms with Crippen LogP contribution < -0.4 is 5.32 Å². The van der Waals surface area contributed by atoms with Crippen LogP contribution in [-0.4, -0.2) is 73.4 Å². The minimum absolute atomic E-state index is 0.0735. The van der Waals surface area contributed by atoms with E-state index in [1.165, 1.54) is 231 Å². The van der Waals surface area contributed by atoms with Crippen molar-refractivity contribution in [3.05, 3.63) is 85.1 Å². The topological polar surface area (TPSA) is 105 Å². The van der Waals surface area contributed by atoms with Crippen molar-refractivity contribution in [1.82, 2.24) is 5.32 Å². The van der Waals surface area contributed by atoms with E-state index in [-0.39, 0.29) is 19.1 Å². The zero-order valence-corrected chi connectivity index (χ0v) is 57.7. The Kier molecular flexibility index (Phi) is 64.3. The minimum Gasteiger partial charge on any atom is -0.391 e. The fourth-order valence-electron chi connectivity index (χ4n) is 10.8. The summed E-state index contributed by atoms with van der Waals surface area (Å²) in [5.74, 6) is -0.142. The highest BCUT2D eigenvalue weighted by Gasteiger charge is 2.28. The summed E-state index contributed by atoms with van der Waals surface area (Å²) >= 11 is 0. The molecule has 0 radical (unpaired) electrons. The van der Waals surface area contributed by atoms with Gasteiger partial charge in [-0.15, -0.1) is 0 Å². The van der Waals surface area contributed by atoms with Crippen LogP contribution in [-0.2, 0) is 18.4 Å². The molecule has 85 heavy (non-hydrogen) atoms. The monoisotopic (exact) mass is 1210 g/mol. The van der Waals surface area contributed by atoms with Crippen molar-refractivity contribution in [3.8, 4) is 0 Å². The van der Waals surface area contributed by atoms with Gasteiger partial charge in [-0.25, -0.2) is 4.57 Å². The first-order valence-electron chi connectivity index (χ1n) is 36.5. The van der Waals surface area contributed by atoms with E-state index in [9.17, 15) is 19.4 Å². The van der Waals surface area contributed by atoms with Crippen molar-refractivity contribution in [2.75, 3.05) is 40.9 Å². The van der Waals surface area contributed by atoms with Crippen molar-refractivity contribution in [1.29, 1.82) is 0 Å². The maximum atomic E-state index is 13.1. The number of quaternary nitrogens is 1. The van der Waals surface area contributed by atoms with Gasteiger partial charge in [0.25, 0.3) is 0 Å². The largest absolute Gasteiger partial charge is 0.472 e. The van der Waals surface area contributed by atoms with E-state index in [0.29, 0.717) is 23.9 Å². The number of carbonyl (C=O) groups excluding carboxylic acids is 1. The van der Waals surface area contributed by atoms with Gasteiger partial charge in [0, 0.05) is 6.42 Å². The van der Waals surface area contributed by atoms with E-state index in [2.05, 4.69) is 104 Å². The van der Waals surface area contributed by atoms with Crippen molar-refractivity contribution in [2.24, 2.45) is 0 Å². The second-order valence-electron chi connectivity index (χ2n) is 25.9. The zero-order chi connectivity index (χ0) is 61.9. The average molecular weight is 1210 g/mol. The van der Waals surface area contributed by atoms with Crippen LogP contribution in [0.25, 0.3) is 0 Å². The number of likely N-dealkylation sites (N-methyl/N-ethyl adjacent to an activating group) is 1. The first-order chi connectivity index (χ1) is 41.5. The highest BCUT2D eigenvalue weighted by Crippen LogP contribution is 2.43. The number of hydrogen-bond acceptors (Lipinski definition) is 5. The van der Waals surface area contributed by atoms with Gasteiger partial charge < -0.3 is 19.8 Å². The summed E-state index contributed by atoms with van der Waals surface area (Å²) in [6, 6.07) is -0.766. The number of hydrogen-bond donors (Lipinski definition) is 3. The van der Waals surface area contributed by atoms with Gasteiger partial charge in [-0.3, -0.25) is 13.8 Å². The van der Waals surface area contributed by atoms with Gasteiger partial charge in [-0.1, -0.05) is 349 Å². The first kappa shape index (κ1) is 82.7. The lowest BCUT2D eigenvalue weighted by Crippen LogP contribution is -2.46. The minimum atomic E-state index is -4.33. The number of rotatable bonds is 67. The molecule has 1 amide bonds. The van der Waals surface area contributed by atoms with Crippen LogP contribution in [0.5, 0.6) is 0 Å². The Morgan fingerprint density at radius 2 is 0.706 bits per heavy atom. The third-order valence-corrected chi connectivity index (χ3v) is 17.4. The van der Waals surface area contributed by atoms with Crippen LogP contribution in [0.2, 0.25) is 0 Å². The second kappa shape index (κ2) is 66.1. The van der Waals surface area contributed by atoms with Gasteiger partial charge >= 0.3 is 7.82 Å². The average Bonchev–Trinajstić information content (AvgIpc) is 3.49. The van der Waals surface area contributed by atoms with Crippen molar-refractivity contribution in [2.45, 2.75) is 353 Å². The smallest absolute Gasteiger partial charge is 0.391 e. The normalized spacial score (nSPS) is 14.1. The maximum absolute atomic E-state index is 13.1. The summed E-state index contributed by atoms with van der Waals surface area (Å²) in [6.07, 6.45) is 94.0. The Balaban J connectivity index is 4.01. The summed E-state index contributed by atoms with van der Waals surface area (Å²) < 4.78 is 23.9. The van der Waals surface area contributed by atoms with Gasteiger partial charge in [-0.2, -0.15) is 0 Å². The van der Waals surface area contributed by atoms with E-state index in [4.69, 9.17) is 9.05 Å². The summed E-state index contributed by atoms with van der Waals surface area (Å²) in [4.78, 5) is 23.5. The quantitative estimate of drug-likeness (QED) is 0.0243. The molecule has 0 fully saturated rings. The maximum Gasteiger partial charge on any atom is 0.472 e. The summed E-state index contributed by atoms with van der Waals surface area (Å²) in [7, 11) is 1.62. The molecule has 496 valence electrons. The molecule has 0 aromatic heterocycles. The lowest BCUT2D eigenvalue weighted by Gasteiger charge is -2.26. The molecule has 0 saturated heterocycles. The number of phosphoric acid groups is 1. The second-order valence-corrected chi connectivity index (χ2v) is 27.4. The van der Waals surface area contributed by atoms with Crippen LogP contribution in [0, 0.1) is 0 Å². The number of nitrogens with one attached hydrogen (secondary N) is 1. The fourth-order valence-corrected chi connectivity index (χ4v) is 11.5. The molecule has 0 heterocycles. The number of aliphatic hydroxyl groups excluding tert-OH is 1. The SMILES string of the molecule is CC/C=C\C/C=C\C/C=C\C/C=C\C/C=C\C/C=C\C/C=C\CCCCCCCCCCCCCCCCCC(=O)NC(COP(=O)(O)OCC[N+](C)(C)C)C(O)CCCCCCCCCCCCCCCCCCCCCCCCCCCC. The molecule has 0 aromatic carbocycles. The molecule has 0 saturated carbocycles. The molecule has 3 N–H and O–H groups in total. The highest BCUT2D eigenvalue weighted by atomic mass is 31.2. The molecule has 0 aliphatic heterocycles. The van der Waals surface area contributed by atoms with E-state index in [0.717, 1.165) is 83.5 Å². The molecule has 0 aliphatic carbocycles. The predicted octanol–water partition coefficient (Wildman–Crippen LogP) is 23.5. The van der Waals surface area contributed by atoms with Crippen molar-refractivity contribution in [3.63, 3.8) is 0 Å². The Morgan fingerprint density at radius 3 is 1.04 bits per heavy atom. The number of nitrogens with zero attached hydrogens (tertiary/aromatic N) is 1. The van der Waals surface area contributed by atoms with Crippen molar-refractivity contribution < 1.29 is 32.9 Å². The summed E-state index contributed by atoms with van der Waals surface area (Å²) in [6.45, 7) is 4.82. The third-order valence-electron chi connectivity index (χ3n) is 16.4. The highest BCUT2D eigenvalue weighted by molar-refractivity contribution is 7.47. The van der Waals surface area contributed by atoms with Crippen LogP contribution in [0.1, 0.15) is 341 Å². The number of allylic oxidation sites excluding steroid dienone is 14. The predicted molar refractivity (Wildman–Crippen MR) is 373 cm³/mol. The zero-order valence-electron chi connectivity index (χ0n) is 56.8. The summed E-state index contributed by atoms with van der Waals surface area (Å²) in [5, 5.41) is 14.2. The molecule has 9 heteroatoms. The molecule has 0 rings (SSSR count). The van der Waals surface area contributed by atoms with Gasteiger partial charge in [0.05, 0.1) is 39.9 Å². The Labute approximate surface area is 528 Å². The van der Waals surface area contributed by atoms with Crippen molar-refractivity contribution >= 4 is 13.7 Å². The molecule has 0 aliphatic rings. The Bertz CT molecular complexity index is 1660. The number of phosphoric ester groups is 1. The molecule has 8 nitrogen and oxygen atoms in total. The number of carbonyl (C=O) groups is 1. The molecular weight excluding hydrogens is 1070 g/mol. The van der Waals surface area contributed by atoms with E-state index >= 15 is 0 Å². The van der Waals surface area contributed by atoms with Crippen LogP contribution in [0.4, 0.5) is 0 Å². The number of aliphatic hydroxyl groups is 1. The molecule has 3 atom stereocenters. The fraction of sp³-hybridized carbons (Fsp3) is 0.803. The third kappa shape index (κ3) is 69.0. The first-order valence-corrected chi connectivity index (χ1v) is 37.9. The standard InChI is InChI=1S/C76H141N2O6P/c1-6-8-10-12-14-16-18-20-22-24-26-28-30-32-34-35-36-37-38-39-40-41-42-43-44-46-48-50-52-54-56-58-60-62-64-66-68-70-76(80)77-74(73-84-85(81,82)83-72-71-78(3,4)5)75(79)69-67-65-63-61-59-57-55-53-51-49-47-45-33-31-29-27-25-23-21-19-17-15-13-11-9-7-2/h8,10,14,16,20,22,26,28,32,34,36-37,39-40,74-75,79H,6-7,9,11-13,15,17-19,21,23-25,27,29-31,33,35,38,41-73H2,1-5H3,(H-,77,80,81,82)/p+1/b10-8-,16-14-,22-20-,28-26-,34-32-,37-36-,40-39-. The van der Waals surface area contributed by atoms with Gasteiger partial charge in [0.1, 0.15) is 13.2 Å². The van der Waals surface area contributed by atoms with E-state index in [1.807, 2.05) is 21.1 Å². The Hall–Kier alpha value is -2.32. The molecular formula is C76H142N2O6P+. The molecule has 3 unspecified atom stereocenters. The molecule has 0 aromatic rings. The van der Waals surface area contributed by atoms with Gasteiger partial charge in [0.2, 0.25) is 5.91 Å². The van der Waals surface area contributed by atoms with Crippen LogP contribution in [0.3, 0.4) is 0 Å².